The van der Waals surface area contributed by atoms with Gasteiger partial charge >= 0.3 is 0 Å². The molecule has 4 heteroatoms. The summed E-state index contributed by atoms with van der Waals surface area (Å²) in [6.45, 7) is -0.00926. The highest BCUT2D eigenvalue weighted by atomic mass is 16.5. The van der Waals surface area contributed by atoms with Gasteiger partial charge in [0.25, 0.3) is 0 Å². The van der Waals surface area contributed by atoms with Crippen LogP contribution in [0.15, 0.2) is 54.6 Å². The monoisotopic (exact) mass is 293 g/mol. The number of hydrogen-bond donors (Lipinski definition) is 0. The third-order valence-corrected chi connectivity index (χ3v) is 2.99. The van der Waals surface area contributed by atoms with E-state index in [1.165, 1.54) is 6.08 Å². The van der Waals surface area contributed by atoms with Crippen molar-refractivity contribution in [3.05, 3.63) is 65.7 Å². The molecule has 0 heterocycles. The van der Waals surface area contributed by atoms with Gasteiger partial charge in [-0.3, -0.25) is 4.79 Å². The summed E-state index contributed by atoms with van der Waals surface area (Å²) in [7, 11) is 1.61. The summed E-state index contributed by atoms with van der Waals surface area (Å²) in [6.07, 6.45) is 3.27. The van der Waals surface area contributed by atoms with Crippen molar-refractivity contribution in [3.63, 3.8) is 0 Å². The first-order valence-corrected chi connectivity index (χ1v) is 6.69. The van der Waals surface area contributed by atoms with Gasteiger partial charge in [0.1, 0.15) is 17.6 Å². The van der Waals surface area contributed by atoms with Crippen LogP contribution in [0.4, 0.5) is 0 Å². The van der Waals surface area contributed by atoms with Crippen LogP contribution in [0, 0.1) is 11.3 Å². The first kappa shape index (κ1) is 15.3. The third kappa shape index (κ3) is 4.22. The highest BCUT2D eigenvalue weighted by Crippen LogP contribution is 2.15. The predicted octanol–water partition coefficient (Wildman–Crippen LogP) is 3.49. The summed E-state index contributed by atoms with van der Waals surface area (Å²) in [5.41, 5.74) is 1.48. The Kier molecular flexibility index (Phi) is 5.33. The number of ketones is 1. The number of carbonyl (C=O) groups is 1. The number of methoxy groups -OCH3 is 1. The fourth-order valence-electron chi connectivity index (χ4n) is 1.81. The second kappa shape index (κ2) is 7.65. The van der Waals surface area contributed by atoms with E-state index in [-0.39, 0.29) is 12.4 Å². The van der Waals surface area contributed by atoms with Crippen molar-refractivity contribution >= 4 is 11.9 Å². The molecule has 0 spiro atoms. The molecule has 0 saturated carbocycles. The Balaban J connectivity index is 2.01. The van der Waals surface area contributed by atoms with E-state index in [4.69, 9.17) is 14.7 Å². The number of allylic oxidation sites excluding steroid dienone is 1. The molecule has 0 aromatic heterocycles. The standard InChI is InChI=1S/C18H15NO3/c1-21-16-7-2-14(3-8-16)4-11-18(20)15-5-9-17(10-6-15)22-13-12-19/h2-11H,13H2,1H3/b11-4+. The van der Waals surface area contributed by atoms with Crippen LogP contribution >= 0.6 is 0 Å². The Morgan fingerprint density at radius 2 is 1.73 bits per heavy atom. The van der Waals surface area contributed by atoms with Gasteiger partial charge in [0.05, 0.1) is 7.11 Å². The molecule has 4 nitrogen and oxygen atoms in total. The van der Waals surface area contributed by atoms with Crippen molar-refractivity contribution in [2.75, 3.05) is 13.7 Å². The van der Waals surface area contributed by atoms with Gasteiger partial charge in [0.2, 0.25) is 0 Å². The van der Waals surface area contributed by atoms with E-state index in [2.05, 4.69) is 0 Å². The average Bonchev–Trinajstić information content (AvgIpc) is 2.58. The normalized spacial score (nSPS) is 10.2. The van der Waals surface area contributed by atoms with Crippen LogP contribution in [-0.2, 0) is 0 Å². The van der Waals surface area contributed by atoms with Crippen LogP contribution in [0.25, 0.3) is 6.08 Å². The van der Waals surface area contributed by atoms with Crippen molar-refractivity contribution in [2.45, 2.75) is 0 Å². The summed E-state index contributed by atoms with van der Waals surface area (Å²) >= 11 is 0. The fraction of sp³-hybridized carbons (Fsp3) is 0.111. The van der Waals surface area contributed by atoms with Crippen molar-refractivity contribution in [3.8, 4) is 17.6 Å². The van der Waals surface area contributed by atoms with Gasteiger partial charge in [0.15, 0.2) is 12.4 Å². The highest BCUT2D eigenvalue weighted by Gasteiger charge is 2.02. The molecule has 0 saturated heterocycles. The number of hydrogen-bond acceptors (Lipinski definition) is 4. The van der Waals surface area contributed by atoms with E-state index in [0.717, 1.165) is 11.3 Å². The minimum Gasteiger partial charge on any atom is -0.497 e. The zero-order chi connectivity index (χ0) is 15.8. The molecule has 0 aliphatic heterocycles. The van der Waals surface area contributed by atoms with Crippen LogP contribution in [0.1, 0.15) is 15.9 Å². The summed E-state index contributed by atoms with van der Waals surface area (Å²) in [6, 6.07) is 16.0. The maximum Gasteiger partial charge on any atom is 0.185 e. The fourth-order valence-corrected chi connectivity index (χ4v) is 1.81. The number of benzene rings is 2. The summed E-state index contributed by atoms with van der Waals surface area (Å²) in [4.78, 5) is 12.1. The lowest BCUT2D eigenvalue weighted by atomic mass is 10.1. The molecule has 0 bridgehead atoms. The zero-order valence-electron chi connectivity index (χ0n) is 12.2. The Hall–Kier alpha value is -3.06. The van der Waals surface area contributed by atoms with Gasteiger partial charge in [-0.2, -0.15) is 5.26 Å². The summed E-state index contributed by atoms with van der Waals surface area (Å²) in [5, 5.41) is 8.44. The van der Waals surface area contributed by atoms with E-state index in [1.807, 2.05) is 30.3 Å². The maximum absolute atomic E-state index is 12.1. The van der Waals surface area contributed by atoms with Crippen LogP contribution in [0.2, 0.25) is 0 Å². The molecular formula is C18H15NO3. The van der Waals surface area contributed by atoms with Gasteiger partial charge in [0, 0.05) is 5.56 Å². The molecule has 0 fully saturated rings. The molecule has 0 amide bonds. The largest absolute Gasteiger partial charge is 0.497 e. The SMILES string of the molecule is COc1ccc(/C=C/C(=O)c2ccc(OCC#N)cc2)cc1. The van der Waals surface area contributed by atoms with Gasteiger partial charge in [-0.1, -0.05) is 18.2 Å². The quantitative estimate of drug-likeness (QED) is 0.604. The van der Waals surface area contributed by atoms with E-state index >= 15 is 0 Å². The van der Waals surface area contributed by atoms with Gasteiger partial charge in [-0.05, 0) is 48.0 Å². The van der Waals surface area contributed by atoms with Crippen molar-refractivity contribution in [1.29, 1.82) is 5.26 Å². The topological polar surface area (TPSA) is 59.3 Å². The molecular weight excluding hydrogens is 278 g/mol. The average molecular weight is 293 g/mol. The minimum atomic E-state index is -0.0948. The molecule has 0 unspecified atom stereocenters. The second-order valence-corrected chi connectivity index (χ2v) is 4.44. The highest BCUT2D eigenvalue weighted by molar-refractivity contribution is 6.06. The van der Waals surface area contributed by atoms with Gasteiger partial charge < -0.3 is 9.47 Å². The van der Waals surface area contributed by atoms with Crippen molar-refractivity contribution < 1.29 is 14.3 Å². The van der Waals surface area contributed by atoms with Crippen LogP contribution in [0.3, 0.4) is 0 Å². The number of nitriles is 1. The molecule has 0 aliphatic carbocycles. The molecule has 0 aliphatic rings. The molecule has 2 rings (SSSR count). The Morgan fingerprint density at radius 3 is 2.32 bits per heavy atom. The van der Waals surface area contributed by atoms with Crippen LogP contribution < -0.4 is 9.47 Å². The number of ether oxygens (including phenoxy) is 2. The van der Waals surface area contributed by atoms with Gasteiger partial charge in [-0.25, -0.2) is 0 Å². The Morgan fingerprint density at radius 1 is 1.09 bits per heavy atom. The maximum atomic E-state index is 12.1. The molecule has 2 aromatic carbocycles. The lowest BCUT2D eigenvalue weighted by Gasteiger charge is -2.02. The van der Waals surface area contributed by atoms with Gasteiger partial charge in [-0.15, -0.1) is 0 Å². The molecule has 0 atom stereocenters. The molecule has 0 radical (unpaired) electrons. The zero-order valence-corrected chi connectivity index (χ0v) is 12.2. The van der Waals surface area contributed by atoms with Crippen LogP contribution in [-0.4, -0.2) is 19.5 Å². The molecule has 2 aromatic rings. The van der Waals surface area contributed by atoms with E-state index < -0.39 is 0 Å². The first-order valence-electron chi connectivity index (χ1n) is 6.69. The van der Waals surface area contributed by atoms with Crippen molar-refractivity contribution in [2.24, 2.45) is 0 Å². The second-order valence-electron chi connectivity index (χ2n) is 4.44. The van der Waals surface area contributed by atoms with E-state index in [0.29, 0.717) is 11.3 Å². The first-order chi connectivity index (χ1) is 10.7. The Bertz CT molecular complexity index is 695. The number of carbonyl (C=O) groups excluding carboxylic acids is 1. The van der Waals surface area contributed by atoms with Crippen molar-refractivity contribution in [1.82, 2.24) is 0 Å². The van der Waals surface area contributed by atoms with E-state index in [9.17, 15) is 4.79 Å². The molecule has 22 heavy (non-hydrogen) atoms. The predicted molar refractivity (Wildman–Crippen MR) is 83.9 cm³/mol. The minimum absolute atomic E-state index is 0.00926. The Labute approximate surface area is 129 Å². The van der Waals surface area contributed by atoms with E-state index in [1.54, 1.807) is 37.5 Å². The lowest BCUT2D eigenvalue weighted by Crippen LogP contribution is -1.96. The summed E-state index contributed by atoms with van der Waals surface area (Å²) < 4.78 is 10.2. The molecule has 110 valence electrons. The smallest absolute Gasteiger partial charge is 0.185 e. The lowest BCUT2D eigenvalue weighted by molar-refractivity contribution is 0.104. The molecule has 0 N–H and O–H groups in total. The van der Waals surface area contributed by atoms with Crippen LogP contribution in [0.5, 0.6) is 11.5 Å². The number of rotatable bonds is 6. The summed E-state index contributed by atoms with van der Waals surface area (Å²) in [5.74, 6) is 1.25. The third-order valence-electron chi connectivity index (χ3n) is 2.99. The number of nitrogens with zero attached hydrogens (tertiary/aromatic N) is 1.